The van der Waals surface area contributed by atoms with Crippen LogP contribution in [0.3, 0.4) is 0 Å². The average molecular weight is 180 g/mol. The Kier molecular flexibility index (Phi) is 1.87. The minimum absolute atomic E-state index is 0.483. The number of pyridine rings is 1. The average Bonchev–Trinajstić information content (AvgIpc) is 1.90. The van der Waals surface area contributed by atoms with E-state index in [1.54, 1.807) is 12.3 Å². The first-order valence-electron chi connectivity index (χ1n) is 2.44. The van der Waals surface area contributed by atoms with Gasteiger partial charge in [0.15, 0.2) is 0 Å². The molecule has 0 bridgehead atoms. The van der Waals surface area contributed by atoms with E-state index >= 15 is 0 Å². The normalized spacial score (nSPS) is 8.44. The number of nitriles is 1. The number of hydrogen-bond donors (Lipinski definition) is 0. The van der Waals surface area contributed by atoms with Crippen LogP contribution >= 0.6 is 0 Å². The molecule has 9 heavy (non-hydrogen) atoms. The molecule has 0 saturated heterocycles. The molecule has 0 amide bonds. The van der Waals surface area contributed by atoms with Crippen LogP contribution in [0, 0.1) is 11.3 Å². The number of rotatable bonds is 0. The topological polar surface area (TPSA) is 36.7 Å². The molecule has 0 aromatic carbocycles. The molecule has 0 aliphatic heterocycles. The minimum atomic E-state index is 0.483. The van der Waals surface area contributed by atoms with Gasteiger partial charge in [0.05, 0.1) is 0 Å². The summed E-state index contributed by atoms with van der Waals surface area (Å²) in [5, 5.41) is 8.32. The van der Waals surface area contributed by atoms with Gasteiger partial charge in [0.2, 0.25) is 0 Å². The van der Waals surface area contributed by atoms with Gasteiger partial charge in [-0.3, -0.25) is 0 Å². The molecule has 0 spiro atoms. The van der Waals surface area contributed by atoms with Crippen molar-refractivity contribution in [1.82, 2.24) is 4.98 Å². The molecule has 2 nitrogen and oxygen atoms in total. The molecule has 44 valence electrons. The van der Waals surface area contributed by atoms with Gasteiger partial charge in [0.25, 0.3) is 0 Å². The number of hydrogen-bond acceptors (Lipinski definition) is 2. The van der Waals surface area contributed by atoms with Crippen LogP contribution in [0.1, 0.15) is 5.69 Å². The summed E-state index contributed by atoms with van der Waals surface area (Å²) in [6.45, 7) is 0. The number of aromatic nitrogens is 1. The van der Waals surface area contributed by atoms with Crippen LogP contribution in [-0.2, 0) is 0 Å². The Bertz CT molecular complexity index is 234. The fraction of sp³-hybridized carbons (Fsp3) is 0. The Morgan fingerprint density at radius 2 is 2.33 bits per heavy atom. The van der Waals surface area contributed by atoms with Crippen molar-refractivity contribution >= 4 is 21.2 Å². The van der Waals surface area contributed by atoms with E-state index in [0.29, 0.717) is 5.69 Å². The summed E-state index contributed by atoms with van der Waals surface area (Å²) >= 11 is 1.52. The van der Waals surface area contributed by atoms with Gasteiger partial charge in [-0.15, -0.1) is 0 Å². The SMILES string of the molecule is N#Cc1ccc([AsH2])cn1. The second kappa shape index (κ2) is 2.66. The first kappa shape index (κ1) is 6.32. The van der Waals surface area contributed by atoms with E-state index in [0.717, 1.165) is 4.35 Å². The third-order valence-corrected chi connectivity index (χ3v) is 1.62. The van der Waals surface area contributed by atoms with Crippen LogP contribution in [0.2, 0.25) is 0 Å². The Morgan fingerprint density at radius 1 is 1.56 bits per heavy atom. The van der Waals surface area contributed by atoms with Gasteiger partial charge in [0.1, 0.15) is 0 Å². The van der Waals surface area contributed by atoms with Crippen LogP contribution in [0.5, 0.6) is 0 Å². The Morgan fingerprint density at radius 3 is 2.78 bits per heavy atom. The van der Waals surface area contributed by atoms with Crippen LogP contribution < -0.4 is 4.35 Å². The first-order valence-corrected chi connectivity index (χ1v) is 3.65. The maximum atomic E-state index is 8.32. The maximum absolute atomic E-state index is 8.32. The standard InChI is InChI=1S/C6H5AsN2/c7-5-1-2-6(3-8)9-4-5/h1-2,4H,7H2. The van der Waals surface area contributed by atoms with E-state index in [1.165, 1.54) is 16.9 Å². The molecule has 1 aromatic heterocycles. The summed E-state index contributed by atoms with van der Waals surface area (Å²) < 4.78 is 1.14. The van der Waals surface area contributed by atoms with E-state index in [-0.39, 0.29) is 0 Å². The molecule has 1 heterocycles. The van der Waals surface area contributed by atoms with Gasteiger partial charge in [-0.25, -0.2) is 0 Å². The quantitative estimate of drug-likeness (QED) is 0.490. The van der Waals surface area contributed by atoms with Crippen molar-refractivity contribution < 1.29 is 0 Å². The van der Waals surface area contributed by atoms with E-state index in [4.69, 9.17) is 5.26 Å². The second-order valence-electron chi connectivity index (χ2n) is 1.59. The molecular formula is C6H5AsN2. The van der Waals surface area contributed by atoms with Crippen molar-refractivity contribution in [2.75, 3.05) is 0 Å². The van der Waals surface area contributed by atoms with Crippen molar-refractivity contribution in [2.45, 2.75) is 0 Å². The summed E-state index contributed by atoms with van der Waals surface area (Å²) in [5.74, 6) is 0. The van der Waals surface area contributed by atoms with Gasteiger partial charge in [0, 0.05) is 0 Å². The molecule has 0 aliphatic carbocycles. The van der Waals surface area contributed by atoms with Crippen molar-refractivity contribution in [1.29, 1.82) is 5.26 Å². The van der Waals surface area contributed by atoms with E-state index in [2.05, 4.69) is 4.98 Å². The molecule has 1 atom stereocenters. The zero-order valence-electron chi connectivity index (χ0n) is 4.70. The Hall–Kier alpha value is -0.802. The second-order valence-corrected chi connectivity index (χ2v) is 2.99. The molecule has 1 unspecified atom stereocenters. The fourth-order valence-corrected chi connectivity index (χ4v) is 0.830. The monoisotopic (exact) mass is 180 g/mol. The van der Waals surface area contributed by atoms with Gasteiger partial charge in [-0.05, 0) is 0 Å². The Balaban J connectivity index is 3.06. The van der Waals surface area contributed by atoms with Gasteiger partial charge in [-0.2, -0.15) is 0 Å². The van der Waals surface area contributed by atoms with E-state index in [9.17, 15) is 0 Å². The van der Waals surface area contributed by atoms with Crippen LogP contribution in [0.25, 0.3) is 0 Å². The van der Waals surface area contributed by atoms with Crippen molar-refractivity contribution in [3.8, 4) is 6.07 Å². The van der Waals surface area contributed by atoms with E-state index < -0.39 is 0 Å². The van der Waals surface area contributed by atoms with Crippen molar-refractivity contribution in [3.63, 3.8) is 0 Å². The molecule has 3 heteroatoms. The van der Waals surface area contributed by atoms with Gasteiger partial charge in [-0.1, -0.05) is 0 Å². The summed E-state index contributed by atoms with van der Waals surface area (Å²) in [6.07, 6.45) is 1.71. The molecule has 0 radical (unpaired) electrons. The molecular weight excluding hydrogens is 175 g/mol. The van der Waals surface area contributed by atoms with E-state index in [1.807, 2.05) is 12.1 Å². The first-order chi connectivity index (χ1) is 4.33. The fourth-order valence-electron chi connectivity index (χ4n) is 0.471. The summed E-state index contributed by atoms with van der Waals surface area (Å²) in [4.78, 5) is 3.85. The predicted octanol–water partition coefficient (Wildman–Crippen LogP) is -0.788. The summed E-state index contributed by atoms with van der Waals surface area (Å²) in [6, 6.07) is 5.56. The molecule has 0 saturated carbocycles. The zero-order chi connectivity index (χ0) is 6.69. The Labute approximate surface area is 62.0 Å². The van der Waals surface area contributed by atoms with Crippen LogP contribution in [-0.4, -0.2) is 21.8 Å². The molecule has 0 N–H and O–H groups in total. The molecule has 0 aliphatic rings. The third-order valence-electron chi connectivity index (χ3n) is 0.901. The molecule has 0 fully saturated rings. The summed E-state index contributed by atoms with van der Waals surface area (Å²) in [5.41, 5.74) is 0.483. The predicted molar refractivity (Wildman–Crippen MR) is 37.1 cm³/mol. The number of nitrogens with zero attached hydrogens (tertiary/aromatic N) is 2. The van der Waals surface area contributed by atoms with Crippen LogP contribution in [0.4, 0.5) is 0 Å². The molecule has 1 rings (SSSR count). The van der Waals surface area contributed by atoms with Crippen LogP contribution in [0.15, 0.2) is 18.3 Å². The third kappa shape index (κ3) is 1.55. The van der Waals surface area contributed by atoms with Gasteiger partial charge < -0.3 is 0 Å². The van der Waals surface area contributed by atoms with Crippen molar-refractivity contribution in [2.24, 2.45) is 0 Å². The van der Waals surface area contributed by atoms with Crippen molar-refractivity contribution in [3.05, 3.63) is 24.0 Å². The van der Waals surface area contributed by atoms with Gasteiger partial charge >= 0.3 is 61.5 Å². The molecule has 1 aromatic rings. The summed E-state index contributed by atoms with van der Waals surface area (Å²) in [7, 11) is 0. The zero-order valence-corrected chi connectivity index (χ0v) is 7.13.